The molecule has 1 aliphatic carbocycles. The molecule has 0 aromatic carbocycles. The number of hydrogen-bond donors (Lipinski definition) is 0. The predicted octanol–water partition coefficient (Wildman–Crippen LogP) is 3.13. The maximum absolute atomic E-state index is 12.1. The van der Waals surface area contributed by atoms with E-state index in [4.69, 9.17) is 4.74 Å². The largest absolute Gasteiger partial charge is 1.00 e. The van der Waals surface area contributed by atoms with Crippen molar-refractivity contribution in [3.05, 3.63) is 12.2 Å². The van der Waals surface area contributed by atoms with Crippen molar-refractivity contribution < 1.29 is 49.0 Å². The topological polar surface area (TPSA) is 66.4 Å². The van der Waals surface area contributed by atoms with Crippen LogP contribution in [-0.4, -0.2) is 18.5 Å². The third kappa shape index (κ3) is 16.0. The molecule has 1 fully saturated rings. The van der Waals surface area contributed by atoms with Crippen LogP contribution in [0.4, 0.5) is 0 Å². The minimum absolute atomic E-state index is 0. The third-order valence-electron chi connectivity index (χ3n) is 6.27. The number of carbonyl (C=O) groups is 2. The molecule has 0 aliphatic heterocycles. The fourth-order valence-corrected chi connectivity index (χ4v) is 4.32. The maximum atomic E-state index is 12.1. The van der Waals surface area contributed by atoms with E-state index in [-0.39, 0.29) is 35.5 Å². The SMILES string of the molecule is CCCCCCCCCCC/C=C/CCCCCOC(=O)C1CCCCC1C(=O)[O-].[Na+]. The van der Waals surface area contributed by atoms with E-state index in [9.17, 15) is 14.7 Å². The first-order valence-electron chi connectivity index (χ1n) is 12.7. The summed E-state index contributed by atoms with van der Waals surface area (Å²) in [4.78, 5) is 23.3. The normalized spacial score (nSPS) is 18.6. The van der Waals surface area contributed by atoms with E-state index >= 15 is 0 Å². The first kappa shape index (κ1) is 30.7. The molecular formula is C26H45NaO4. The Morgan fingerprint density at radius 1 is 0.774 bits per heavy atom. The molecule has 0 saturated heterocycles. The molecule has 2 unspecified atom stereocenters. The van der Waals surface area contributed by atoms with E-state index in [2.05, 4.69) is 19.1 Å². The Bertz CT molecular complexity index is 478. The standard InChI is InChI=1S/C26H46O4.Na/c1-2-3-4-5-6-7-8-9-10-11-12-13-14-15-16-19-22-30-26(29)24-21-18-17-20-23(24)25(27)28;/h12-13,23-24H,2-11,14-22H2,1H3,(H,27,28);/q;+1/p-1/b13-12+;. The molecule has 0 aromatic rings. The summed E-state index contributed by atoms with van der Waals surface area (Å²) in [5.41, 5.74) is 0. The van der Waals surface area contributed by atoms with E-state index in [1.54, 1.807) is 0 Å². The summed E-state index contributed by atoms with van der Waals surface area (Å²) >= 11 is 0. The van der Waals surface area contributed by atoms with Crippen molar-refractivity contribution in [3.8, 4) is 0 Å². The molecule has 1 aliphatic rings. The summed E-state index contributed by atoms with van der Waals surface area (Å²) < 4.78 is 5.33. The molecule has 2 atom stereocenters. The van der Waals surface area contributed by atoms with Crippen molar-refractivity contribution in [1.29, 1.82) is 0 Å². The molecule has 0 heterocycles. The number of ether oxygens (including phenoxy) is 1. The summed E-state index contributed by atoms with van der Waals surface area (Å²) in [6.45, 7) is 2.66. The van der Waals surface area contributed by atoms with Crippen LogP contribution < -0.4 is 34.7 Å². The van der Waals surface area contributed by atoms with Gasteiger partial charge in [-0.25, -0.2) is 0 Å². The number of allylic oxidation sites excluding steroid dienone is 2. The summed E-state index contributed by atoms with van der Waals surface area (Å²) in [6, 6.07) is 0. The summed E-state index contributed by atoms with van der Waals surface area (Å²) in [6.07, 6.45) is 25.1. The monoisotopic (exact) mass is 444 g/mol. The van der Waals surface area contributed by atoms with Crippen LogP contribution in [0, 0.1) is 11.8 Å². The minimum atomic E-state index is -1.11. The second kappa shape index (κ2) is 21.5. The van der Waals surface area contributed by atoms with E-state index in [1.807, 2.05) is 0 Å². The Hall–Kier alpha value is -0.320. The molecule has 0 bridgehead atoms. The van der Waals surface area contributed by atoms with Crippen molar-refractivity contribution >= 4 is 11.9 Å². The molecular weight excluding hydrogens is 399 g/mol. The van der Waals surface area contributed by atoms with Gasteiger partial charge in [-0.15, -0.1) is 0 Å². The molecule has 0 spiro atoms. The van der Waals surface area contributed by atoms with Crippen LogP contribution in [0.15, 0.2) is 12.2 Å². The molecule has 0 aromatic heterocycles. The first-order chi connectivity index (χ1) is 14.7. The molecule has 4 nitrogen and oxygen atoms in total. The number of esters is 1. The van der Waals surface area contributed by atoms with Gasteiger partial charge < -0.3 is 14.6 Å². The van der Waals surface area contributed by atoms with Gasteiger partial charge >= 0.3 is 35.5 Å². The van der Waals surface area contributed by atoms with Crippen molar-refractivity contribution in [1.82, 2.24) is 0 Å². The molecule has 1 saturated carbocycles. The fourth-order valence-electron chi connectivity index (χ4n) is 4.32. The summed E-state index contributed by atoms with van der Waals surface area (Å²) in [5.74, 6) is -2.62. The molecule has 174 valence electrons. The zero-order valence-corrected chi connectivity index (χ0v) is 22.4. The predicted molar refractivity (Wildman–Crippen MR) is 121 cm³/mol. The van der Waals surface area contributed by atoms with E-state index in [0.717, 1.165) is 38.5 Å². The van der Waals surface area contributed by atoms with Crippen LogP contribution in [0.3, 0.4) is 0 Å². The zero-order chi connectivity index (χ0) is 21.9. The molecule has 0 radical (unpaired) electrons. The number of aliphatic carboxylic acids is 1. The smallest absolute Gasteiger partial charge is 0.550 e. The average Bonchev–Trinajstić information content (AvgIpc) is 2.75. The molecule has 0 amide bonds. The van der Waals surface area contributed by atoms with Gasteiger partial charge in [-0.1, -0.05) is 83.3 Å². The Labute approximate surface area is 213 Å². The first-order valence-corrected chi connectivity index (χ1v) is 12.7. The fraction of sp³-hybridized carbons (Fsp3) is 0.846. The summed E-state index contributed by atoms with van der Waals surface area (Å²) in [5, 5.41) is 11.2. The van der Waals surface area contributed by atoms with Crippen LogP contribution in [0.1, 0.15) is 122 Å². The van der Waals surface area contributed by atoms with Crippen LogP contribution in [0.25, 0.3) is 0 Å². The Balaban J connectivity index is 0.00000900. The van der Waals surface area contributed by atoms with Crippen molar-refractivity contribution in [2.24, 2.45) is 11.8 Å². The van der Waals surface area contributed by atoms with Crippen molar-refractivity contribution in [2.75, 3.05) is 6.61 Å². The van der Waals surface area contributed by atoms with Gasteiger partial charge in [-0.2, -0.15) is 0 Å². The van der Waals surface area contributed by atoms with Gasteiger partial charge in [-0.05, 0) is 51.4 Å². The zero-order valence-electron chi connectivity index (χ0n) is 20.4. The van der Waals surface area contributed by atoms with Crippen molar-refractivity contribution in [3.63, 3.8) is 0 Å². The van der Waals surface area contributed by atoms with Gasteiger partial charge in [0, 0.05) is 11.9 Å². The third-order valence-corrected chi connectivity index (χ3v) is 6.27. The summed E-state index contributed by atoms with van der Waals surface area (Å²) in [7, 11) is 0. The number of hydrogen-bond acceptors (Lipinski definition) is 4. The van der Waals surface area contributed by atoms with E-state index in [1.165, 1.54) is 64.2 Å². The maximum Gasteiger partial charge on any atom is 1.00 e. The van der Waals surface area contributed by atoms with Crippen LogP contribution in [0.5, 0.6) is 0 Å². The minimum Gasteiger partial charge on any atom is -0.550 e. The second-order valence-electron chi connectivity index (χ2n) is 8.92. The van der Waals surface area contributed by atoms with Gasteiger partial charge in [0.05, 0.1) is 12.5 Å². The quantitative estimate of drug-likeness (QED) is 0.141. The van der Waals surface area contributed by atoms with E-state index in [0.29, 0.717) is 19.4 Å². The Morgan fingerprint density at radius 3 is 1.81 bits per heavy atom. The Morgan fingerprint density at radius 2 is 1.26 bits per heavy atom. The number of carbonyl (C=O) groups excluding carboxylic acids is 2. The van der Waals surface area contributed by atoms with Gasteiger partial charge in [0.15, 0.2) is 0 Å². The van der Waals surface area contributed by atoms with E-state index < -0.39 is 17.8 Å². The molecule has 0 N–H and O–H groups in total. The molecule has 5 heteroatoms. The van der Waals surface area contributed by atoms with Gasteiger partial charge in [0.1, 0.15) is 0 Å². The molecule has 31 heavy (non-hydrogen) atoms. The van der Waals surface area contributed by atoms with Gasteiger partial charge in [-0.3, -0.25) is 4.79 Å². The number of carboxylic acids is 1. The van der Waals surface area contributed by atoms with Gasteiger partial charge in [0.25, 0.3) is 0 Å². The van der Waals surface area contributed by atoms with Crippen LogP contribution in [-0.2, 0) is 14.3 Å². The Kier molecular flexibility index (Phi) is 21.3. The average molecular weight is 445 g/mol. The number of rotatable bonds is 18. The number of unbranched alkanes of at least 4 members (excludes halogenated alkanes) is 12. The van der Waals surface area contributed by atoms with Crippen LogP contribution in [0.2, 0.25) is 0 Å². The van der Waals surface area contributed by atoms with Gasteiger partial charge in [0.2, 0.25) is 0 Å². The van der Waals surface area contributed by atoms with Crippen molar-refractivity contribution in [2.45, 2.75) is 122 Å². The van der Waals surface area contributed by atoms with Crippen LogP contribution >= 0.6 is 0 Å². The molecule has 1 rings (SSSR count). The number of carboxylic acid groups (broad SMARTS) is 1. The second-order valence-corrected chi connectivity index (χ2v) is 8.92.